The lowest BCUT2D eigenvalue weighted by Crippen LogP contribution is -2.04. The van der Waals surface area contributed by atoms with Gasteiger partial charge in [-0.2, -0.15) is 0 Å². The summed E-state index contributed by atoms with van der Waals surface area (Å²) in [7, 11) is 0. The Labute approximate surface area is 71.3 Å². The second kappa shape index (κ2) is 4.23. The van der Waals surface area contributed by atoms with Gasteiger partial charge < -0.3 is 0 Å². The molecular weight excluding hydrogens is 148 g/mol. The van der Waals surface area contributed by atoms with Crippen molar-refractivity contribution in [3.8, 4) is 0 Å². The third-order valence-electron chi connectivity index (χ3n) is 1.24. The first-order chi connectivity index (χ1) is 5.79. The van der Waals surface area contributed by atoms with Crippen LogP contribution in [-0.2, 0) is 0 Å². The summed E-state index contributed by atoms with van der Waals surface area (Å²) >= 11 is 0. The molecule has 0 unspecified atom stereocenters. The second-order valence-electron chi connectivity index (χ2n) is 2.27. The summed E-state index contributed by atoms with van der Waals surface area (Å²) in [5.41, 5.74) is 0.497. The predicted octanol–water partition coefficient (Wildman–Crippen LogP) is 0.422. The highest BCUT2D eigenvalue weighted by atomic mass is 14.8. The van der Waals surface area contributed by atoms with Crippen molar-refractivity contribution in [3.05, 3.63) is 47.4 Å². The number of aromatic nitrogens is 2. The molecule has 0 N–H and O–H groups in total. The summed E-state index contributed by atoms with van der Waals surface area (Å²) in [6.07, 6.45) is 3.29. The summed E-state index contributed by atoms with van der Waals surface area (Å²) in [5.74, 6) is 0. The van der Waals surface area contributed by atoms with Crippen molar-refractivity contribution in [2.24, 2.45) is 0 Å². The maximum atomic E-state index is 3.94. The van der Waals surface area contributed by atoms with Gasteiger partial charge in [0.2, 0.25) is 0 Å². The number of rotatable bonds is 0. The molecule has 1 heterocycles. The van der Waals surface area contributed by atoms with E-state index in [2.05, 4.69) is 23.1 Å². The van der Waals surface area contributed by atoms with Crippen molar-refractivity contribution < 1.29 is 0 Å². The average Bonchev–Trinajstić information content (AvgIpc) is 2.06. The van der Waals surface area contributed by atoms with Crippen molar-refractivity contribution in [1.29, 1.82) is 0 Å². The van der Waals surface area contributed by atoms with E-state index in [1.807, 2.05) is 12.1 Å². The number of nitrogens with zero attached hydrogens (tertiary/aromatic N) is 2. The molecule has 0 radical (unpaired) electrons. The zero-order chi connectivity index (χ0) is 8.81. The largest absolute Gasteiger partial charge is 0.238 e. The normalized spacial score (nSPS) is 8.67. The topological polar surface area (TPSA) is 25.8 Å². The first-order valence-electron chi connectivity index (χ1n) is 3.58. The highest BCUT2D eigenvalue weighted by Crippen LogP contribution is 1.64. The van der Waals surface area contributed by atoms with Gasteiger partial charge in [0, 0.05) is 12.4 Å². The summed E-state index contributed by atoms with van der Waals surface area (Å²) in [4.78, 5) is 7.88. The maximum absolute atomic E-state index is 3.94. The molecule has 2 heteroatoms. The monoisotopic (exact) mass is 158 g/mol. The molecule has 2 nitrogen and oxygen atoms in total. The third kappa shape index (κ3) is 2.92. The van der Waals surface area contributed by atoms with Gasteiger partial charge in [0.1, 0.15) is 5.48 Å². The zero-order valence-electron chi connectivity index (χ0n) is 6.77. The molecule has 0 aliphatic heterocycles. The van der Waals surface area contributed by atoms with Gasteiger partial charge >= 0.3 is 0 Å². The Morgan fingerprint density at radius 1 is 0.917 bits per heavy atom. The average molecular weight is 158 g/mol. The smallest absolute Gasteiger partial charge is 0.144 e. The van der Waals surface area contributed by atoms with Gasteiger partial charge in [-0.05, 0) is 17.4 Å². The molecular formula is C10H10N2. The van der Waals surface area contributed by atoms with Crippen molar-refractivity contribution in [2.45, 2.75) is 0 Å². The Balaban J connectivity index is 3.37. The van der Waals surface area contributed by atoms with E-state index in [1.165, 1.54) is 0 Å². The fraction of sp³-hybridized carbons (Fsp3) is 0. The molecule has 1 aromatic rings. The standard InChI is InChI=1S/C10H10N2/c1-9-5-3-7-11-10(2)12-8-4-6-9/h3-8H,1-2H2. The second-order valence-corrected chi connectivity index (χ2v) is 2.27. The molecule has 0 spiro atoms. The predicted molar refractivity (Wildman–Crippen MR) is 50.0 cm³/mol. The van der Waals surface area contributed by atoms with Gasteiger partial charge in [-0.1, -0.05) is 25.3 Å². The quantitative estimate of drug-likeness (QED) is 0.547. The Morgan fingerprint density at radius 3 is 1.92 bits per heavy atom. The molecule has 0 atom stereocenters. The fourth-order valence-electron chi connectivity index (χ4n) is 0.680. The first kappa shape index (κ1) is 8.40. The van der Waals surface area contributed by atoms with Crippen LogP contribution in [0.2, 0.25) is 0 Å². The minimum absolute atomic E-state index is 0.497. The van der Waals surface area contributed by atoms with E-state index in [0.717, 1.165) is 5.22 Å². The van der Waals surface area contributed by atoms with Crippen molar-refractivity contribution in [3.63, 3.8) is 0 Å². The highest BCUT2D eigenvalue weighted by molar-refractivity contribution is 5.04. The Kier molecular flexibility index (Phi) is 2.96. The fourth-order valence-corrected chi connectivity index (χ4v) is 0.680. The van der Waals surface area contributed by atoms with E-state index < -0.39 is 0 Å². The van der Waals surface area contributed by atoms with Crippen LogP contribution in [0.5, 0.6) is 0 Å². The number of hydrogen-bond acceptors (Lipinski definition) is 2. The minimum Gasteiger partial charge on any atom is -0.238 e. The van der Waals surface area contributed by atoms with Crippen molar-refractivity contribution in [2.75, 3.05) is 0 Å². The highest BCUT2D eigenvalue weighted by Gasteiger charge is 1.67. The lowest BCUT2D eigenvalue weighted by molar-refractivity contribution is 1.12. The molecule has 1 rings (SSSR count). The van der Waals surface area contributed by atoms with E-state index in [1.54, 1.807) is 24.5 Å². The molecule has 0 aliphatic carbocycles. The van der Waals surface area contributed by atoms with Crippen LogP contribution < -0.4 is 10.7 Å². The van der Waals surface area contributed by atoms with E-state index in [-0.39, 0.29) is 0 Å². The van der Waals surface area contributed by atoms with Gasteiger partial charge in [0.05, 0.1) is 0 Å². The molecule has 0 aliphatic rings. The lowest BCUT2D eigenvalue weighted by Gasteiger charge is -1.75. The van der Waals surface area contributed by atoms with Gasteiger partial charge in [0.25, 0.3) is 0 Å². The van der Waals surface area contributed by atoms with Crippen LogP contribution in [0.4, 0.5) is 0 Å². The Bertz CT molecular complexity index is 324. The summed E-state index contributed by atoms with van der Waals surface area (Å²) < 4.78 is 0. The van der Waals surface area contributed by atoms with Gasteiger partial charge in [-0.3, -0.25) is 0 Å². The van der Waals surface area contributed by atoms with E-state index in [0.29, 0.717) is 5.48 Å². The maximum Gasteiger partial charge on any atom is 0.144 e. The summed E-state index contributed by atoms with van der Waals surface area (Å²) in [6, 6.07) is 7.34. The summed E-state index contributed by atoms with van der Waals surface area (Å²) in [6.45, 7) is 7.41. The minimum atomic E-state index is 0.497. The van der Waals surface area contributed by atoms with Crippen LogP contribution in [0.15, 0.2) is 36.7 Å². The van der Waals surface area contributed by atoms with Gasteiger partial charge in [0.15, 0.2) is 0 Å². The molecule has 1 aromatic heterocycles. The molecule has 0 fully saturated rings. The molecule has 60 valence electrons. The third-order valence-corrected chi connectivity index (χ3v) is 1.24. The van der Waals surface area contributed by atoms with Crippen LogP contribution >= 0.6 is 0 Å². The SMILES string of the molecule is C=c1cccnc(=C)nccc1. The van der Waals surface area contributed by atoms with Gasteiger partial charge in [-0.15, -0.1) is 0 Å². The Morgan fingerprint density at radius 2 is 1.42 bits per heavy atom. The number of hydrogen-bond donors (Lipinski definition) is 0. The Hall–Kier alpha value is -1.70. The van der Waals surface area contributed by atoms with E-state index >= 15 is 0 Å². The van der Waals surface area contributed by atoms with E-state index in [4.69, 9.17) is 0 Å². The molecule has 0 aromatic carbocycles. The van der Waals surface area contributed by atoms with Crippen molar-refractivity contribution in [1.82, 2.24) is 9.97 Å². The first-order valence-corrected chi connectivity index (χ1v) is 3.58. The van der Waals surface area contributed by atoms with E-state index in [9.17, 15) is 0 Å². The van der Waals surface area contributed by atoms with Crippen LogP contribution in [0.3, 0.4) is 0 Å². The molecule has 12 heavy (non-hydrogen) atoms. The summed E-state index contributed by atoms with van der Waals surface area (Å²) in [5, 5.41) is 0.917. The van der Waals surface area contributed by atoms with Gasteiger partial charge in [-0.25, -0.2) is 9.97 Å². The molecule has 0 bridgehead atoms. The van der Waals surface area contributed by atoms with Crippen LogP contribution in [0, 0.1) is 0 Å². The van der Waals surface area contributed by atoms with Crippen LogP contribution in [-0.4, -0.2) is 9.97 Å². The molecule has 0 amide bonds. The van der Waals surface area contributed by atoms with Crippen molar-refractivity contribution >= 4 is 13.2 Å². The van der Waals surface area contributed by atoms with Crippen LogP contribution in [0.25, 0.3) is 13.2 Å². The zero-order valence-corrected chi connectivity index (χ0v) is 6.77. The molecule has 0 saturated heterocycles. The molecule has 0 saturated carbocycles. The van der Waals surface area contributed by atoms with Crippen LogP contribution in [0.1, 0.15) is 0 Å². The lowest BCUT2D eigenvalue weighted by atomic mass is 10.4.